The fraction of sp³-hybridized carbons (Fsp3) is 0.133. The Labute approximate surface area is 136 Å². The van der Waals surface area contributed by atoms with Gasteiger partial charge in [0.25, 0.3) is 5.69 Å². The number of rotatable bonds is 5. The summed E-state index contributed by atoms with van der Waals surface area (Å²) in [5.74, 6) is -0.0382. The molecule has 0 saturated carbocycles. The number of ether oxygens (including phenoxy) is 1. The predicted octanol–water partition coefficient (Wildman–Crippen LogP) is 4.33. The summed E-state index contributed by atoms with van der Waals surface area (Å²) in [5.41, 5.74) is 1.18. The number of halogens is 1. The van der Waals surface area contributed by atoms with Crippen LogP contribution < -0.4 is 0 Å². The molecular formula is C15H12ClNO4S. The summed E-state index contributed by atoms with van der Waals surface area (Å²) in [6.45, 7) is 0. The number of carbonyl (C=O) groups is 1. The second-order valence-electron chi connectivity index (χ2n) is 4.31. The lowest BCUT2D eigenvalue weighted by molar-refractivity contribution is -0.387. The molecule has 0 aromatic heterocycles. The molecule has 0 saturated heterocycles. The van der Waals surface area contributed by atoms with E-state index in [-0.39, 0.29) is 5.69 Å². The first-order valence-electron chi connectivity index (χ1n) is 6.26. The summed E-state index contributed by atoms with van der Waals surface area (Å²) in [4.78, 5) is 22.8. The fourth-order valence-corrected chi connectivity index (χ4v) is 3.17. The van der Waals surface area contributed by atoms with Gasteiger partial charge in [0.05, 0.1) is 22.5 Å². The highest BCUT2D eigenvalue weighted by Crippen LogP contribution is 2.34. The Morgan fingerprint density at radius 3 is 2.73 bits per heavy atom. The molecule has 2 rings (SSSR count). The average molecular weight is 338 g/mol. The van der Waals surface area contributed by atoms with E-state index < -0.39 is 10.9 Å². The summed E-state index contributed by atoms with van der Waals surface area (Å²) < 4.78 is 4.73. The Kier molecular flexibility index (Phi) is 5.41. The number of carbonyl (C=O) groups excluding carboxylic acids is 1. The Hall–Kier alpha value is -2.05. The van der Waals surface area contributed by atoms with Crippen molar-refractivity contribution in [2.75, 3.05) is 7.11 Å². The minimum atomic E-state index is -0.453. The second kappa shape index (κ2) is 7.29. The third-order valence-corrected chi connectivity index (χ3v) is 4.25. The second-order valence-corrected chi connectivity index (χ2v) is 5.76. The van der Waals surface area contributed by atoms with Gasteiger partial charge in [0.15, 0.2) is 0 Å². The third-order valence-electron chi connectivity index (χ3n) is 2.92. The Morgan fingerprint density at radius 1 is 1.32 bits per heavy atom. The molecule has 0 spiro atoms. The van der Waals surface area contributed by atoms with Gasteiger partial charge in [0.1, 0.15) is 0 Å². The molecule has 5 nitrogen and oxygen atoms in total. The highest BCUT2D eigenvalue weighted by molar-refractivity contribution is 7.98. The van der Waals surface area contributed by atoms with Crippen LogP contribution in [0.2, 0.25) is 5.02 Å². The number of nitro groups is 1. The first kappa shape index (κ1) is 16.3. The highest BCUT2D eigenvalue weighted by Gasteiger charge is 2.16. The molecule has 0 amide bonds. The van der Waals surface area contributed by atoms with Crippen molar-refractivity contribution in [1.29, 1.82) is 0 Å². The lowest BCUT2D eigenvalue weighted by Gasteiger charge is -2.08. The van der Waals surface area contributed by atoms with Crippen LogP contribution in [0.5, 0.6) is 0 Å². The maximum Gasteiger partial charge on any atom is 0.338 e. The summed E-state index contributed by atoms with van der Waals surface area (Å²) in [7, 11) is 1.31. The van der Waals surface area contributed by atoms with Gasteiger partial charge in [-0.05, 0) is 23.8 Å². The zero-order valence-electron chi connectivity index (χ0n) is 11.6. The van der Waals surface area contributed by atoms with Gasteiger partial charge in [0, 0.05) is 16.8 Å². The van der Waals surface area contributed by atoms with Gasteiger partial charge in [-0.15, -0.1) is 11.8 Å². The number of hydrogen-bond donors (Lipinski definition) is 0. The maximum absolute atomic E-state index is 11.7. The van der Waals surface area contributed by atoms with Crippen molar-refractivity contribution in [3.63, 3.8) is 0 Å². The summed E-state index contributed by atoms with van der Waals surface area (Å²) in [6, 6.07) is 11.4. The van der Waals surface area contributed by atoms with Crippen LogP contribution in [-0.4, -0.2) is 18.0 Å². The Bertz CT molecular complexity index is 720. The first-order chi connectivity index (χ1) is 10.5. The van der Waals surface area contributed by atoms with Gasteiger partial charge in [-0.3, -0.25) is 10.1 Å². The molecule has 0 aliphatic carbocycles. The normalized spacial score (nSPS) is 10.3. The standard InChI is InChI=1S/C15H12ClNO4S/c1-21-15(18)12-5-3-2-4-10(12)9-22-14-8-11(16)6-7-13(14)17(19)20/h2-8H,9H2,1H3. The fourth-order valence-electron chi connectivity index (χ4n) is 1.87. The predicted molar refractivity (Wildman–Crippen MR) is 85.4 cm³/mol. The Balaban J connectivity index is 2.26. The highest BCUT2D eigenvalue weighted by atomic mass is 35.5. The van der Waals surface area contributed by atoms with E-state index in [1.54, 1.807) is 30.3 Å². The van der Waals surface area contributed by atoms with Crippen molar-refractivity contribution in [2.45, 2.75) is 10.6 Å². The molecule has 114 valence electrons. The van der Waals surface area contributed by atoms with Crippen molar-refractivity contribution in [2.24, 2.45) is 0 Å². The van der Waals surface area contributed by atoms with Gasteiger partial charge in [-0.1, -0.05) is 29.8 Å². The maximum atomic E-state index is 11.7. The average Bonchev–Trinajstić information content (AvgIpc) is 2.52. The minimum absolute atomic E-state index is 0.00931. The first-order valence-corrected chi connectivity index (χ1v) is 7.62. The van der Waals surface area contributed by atoms with E-state index in [0.717, 1.165) is 5.56 Å². The molecule has 0 fully saturated rings. The van der Waals surface area contributed by atoms with Gasteiger partial charge in [-0.2, -0.15) is 0 Å². The van der Waals surface area contributed by atoms with E-state index in [4.69, 9.17) is 16.3 Å². The number of methoxy groups -OCH3 is 1. The molecular weight excluding hydrogens is 326 g/mol. The van der Waals surface area contributed by atoms with Gasteiger partial charge >= 0.3 is 5.97 Å². The number of benzene rings is 2. The van der Waals surface area contributed by atoms with E-state index in [0.29, 0.717) is 21.2 Å². The van der Waals surface area contributed by atoms with Crippen molar-refractivity contribution in [3.05, 3.63) is 68.7 Å². The van der Waals surface area contributed by atoms with Crippen LogP contribution in [-0.2, 0) is 10.5 Å². The molecule has 0 aliphatic rings. The summed E-state index contributed by atoms with van der Waals surface area (Å²) >= 11 is 7.15. The van der Waals surface area contributed by atoms with Crippen LogP contribution in [0.4, 0.5) is 5.69 Å². The lowest BCUT2D eigenvalue weighted by atomic mass is 10.1. The smallest absolute Gasteiger partial charge is 0.338 e. The molecule has 0 heterocycles. The van der Waals surface area contributed by atoms with E-state index in [9.17, 15) is 14.9 Å². The molecule has 2 aromatic carbocycles. The molecule has 2 aromatic rings. The van der Waals surface area contributed by atoms with Crippen LogP contribution in [0.3, 0.4) is 0 Å². The topological polar surface area (TPSA) is 69.4 Å². The summed E-state index contributed by atoms with van der Waals surface area (Å²) in [6.07, 6.45) is 0. The van der Waals surface area contributed by atoms with Crippen molar-refractivity contribution in [3.8, 4) is 0 Å². The van der Waals surface area contributed by atoms with E-state index in [2.05, 4.69) is 0 Å². The molecule has 0 aliphatic heterocycles. The van der Waals surface area contributed by atoms with Crippen LogP contribution >= 0.6 is 23.4 Å². The van der Waals surface area contributed by atoms with E-state index in [1.165, 1.54) is 31.0 Å². The number of nitrogens with zero attached hydrogens (tertiary/aromatic N) is 1. The quantitative estimate of drug-likeness (QED) is 0.351. The van der Waals surface area contributed by atoms with E-state index >= 15 is 0 Å². The van der Waals surface area contributed by atoms with Crippen LogP contribution in [0, 0.1) is 10.1 Å². The zero-order chi connectivity index (χ0) is 16.1. The number of thioether (sulfide) groups is 1. The third kappa shape index (κ3) is 3.78. The van der Waals surface area contributed by atoms with Gasteiger partial charge in [-0.25, -0.2) is 4.79 Å². The molecule has 0 N–H and O–H groups in total. The monoisotopic (exact) mass is 337 g/mol. The van der Waals surface area contributed by atoms with Crippen LogP contribution in [0.25, 0.3) is 0 Å². The molecule has 0 bridgehead atoms. The Morgan fingerprint density at radius 2 is 2.05 bits per heavy atom. The number of esters is 1. The van der Waals surface area contributed by atoms with Crippen molar-refractivity contribution < 1.29 is 14.5 Å². The van der Waals surface area contributed by atoms with Gasteiger partial charge < -0.3 is 4.74 Å². The number of hydrogen-bond acceptors (Lipinski definition) is 5. The SMILES string of the molecule is COC(=O)c1ccccc1CSc1cc(Cl)ccc1[N+](=O)[O-]. The molecule has 22 heavy (non-hydrogen) atoms. The molecule has 0 radical (unpaired) electrons. The van der Waals surface area contributed by atoms with E-state index in [1.807, 2.05) is 0 Å². The minimum Gasteiger partial charge on any atom is -0.465 e. The molecule has 0 unspecified atom stereocenters. The van der Waals surface area contributed by atoms with Crippen LogP contribution in [0.1, 0.15) is 15.9 Å². The molecule has 7 heteroatoms. The largest absolute Gasteiger partial charge is 0.465 e. The van der Waals surface area contributed by atoms with Gasteiger partial charge in [0.2, 0.25) is 0 Å². The number of nitro benzene ring substituents is 1. The van der Waals surface area contributed by atoms with Crippen molar-refractivity contribution in [1.82, 2.24) is 0 Å². The zero-order valence-corrected chi connectivity index (χ0v) is 13.2. The van der Waals surface area contributed by atoms with Crippen molar-refractivity contribution >= 4 is 35.0 Å². The van der Waals surface area contributed by atoms with Crippen LogP contribution in [0.15, 0.2) is 47.4 Å². The lowest BCUT2D eigenvalue weighted by Crippen LogP contribution is -2.04. The summed E-state index contributed by atoms with van der Waals surface area (Å²) in [5, 5.41) is 11.5. The molecule has 0 atom stereocenters.